The van der Waals surface area contributed by atoms with E-state index in [1.165, 1.54) is 154 Å². The number of hydrogen-bond acceptors (Lipinski definition) is 35. The van der Waals surface area contributed by atoms with Crippen molar-refractivity contribution in [2.75, 3.05) is 59.9 Å². The summed E-state index contributed by atoms with van der Waals surface area (Å²) in [5.74, 6) is -1.61. The zero-order valence-corrected chi connectivity index (χ0v) is 73.8. The maximum atomic E-state index is 14.0. The maximum Gasteiger partial charge on any atom is 0.472 e. The number of phosphoric ester groups is 2. The molecule has 0 amide bonds. The van der Waals surface area contributed by atoms with Crippen molar-refractivity contribution in [2.24, 2.45) is 11.5 Å². The van der Waals surface area contributed by atoms with Gasteiger partial charge in [-0.25, -0.2) is 9.13 Å². The highest BCUT2D eigenvalue weighted by Crippen LogP contribution is 2.49. The lowest BCUT2D eigenvalue weighted by atomic mass is 9.84. The zero-order valence-electron chi connectivity index (χ0n) is 72.0. The van der Waals surface area contributed by atoms with E-state index in [4.69, 9.17) is 67.7 Å². The van der Waals surface area contributed by atoms with E-state index in [1.54, 1.807) is 0 Å². The molecule has 2 aliphatic heterocycles. The number of hydrogen-bond donors (Lipinski definition) is 20. The average molecular weight is 1790 g/mol. The Kier molecular flexibility index (Phi) is 61.9. The number of carbonyl (C=O) groups excluding carboxylic acids is 2. The minimum absolute atomic E-state index is 0.0497. The minimum Gasteiger partial charge on any atom is -0.463 e. The van der Waals surface area contributed by atoms with E-state index in [9.17, 15) is 110 Å². The topological polar surface area (TPSA) is 604 Å². The number of phosphoric acid groups is 2. The Bertz CT molecular complexity index is 2710. The Balaban J connectivity index is 1.61. The van der Waals surface area contributed by atoms with Crippen LogP contribution in [-0.2, 0) is 79.4 Å². The van der Waals surface area contributed by atoms with Gasteiger partial charge < -0.3 is 146 Å². The van der Waals surface area contributed by atoms with Crippen LogP contribution in [0, 0.1) is 0 Å². The second kappa shape index (κ2) is 66.3. The van der Waals surface area contributed by atoms with Gasteiger partial charge in [0.25, 0.3) is 0 Å². The highest BCUT2D eigenvalue weighted by molar-refractivity contribution is 7.47. The van der Waals surface area contributed by atoms with Crippen LogP contribution >= 0.6 is 15.6 Å². The number of esters is 2. The van der Waals surface area contributed by atoms with Crippen molar-refractivity contribution in [1.29, 1.82) is 0 Å². The molecule has 716 valence electrons. The number of nitrogens with two attached hydrogens (primary N) is 2. The summed E-state index contributed by atoms with van der Waals surface area (Å²) in [5, 5.41) is 176. The molecular weight excluding hydrogens is 1630 g/mol. The molecule has 2 saturated heterocycles. The SMILES string of the molecule is CCCCCCCC/C=C\CCCCCCCCCCCCCCCCCCCC(=O)OC[C@@H](O)COP(=O)(O)OC1C(OC(=O)CCCCCCCCCCCCCCC)[C@H](O)C(O)C(O)[C@H]1O[C@H]1OC(CO)[C@@H](O[C@@H](OC)C(O)C(O)[C@H](O)CCO[C@@H](O)C(O[C@H]2OC(COP(=O)(O)OCCN)[C@H](O)[C@H](O)C2O)C(O)[C@H](O)CCO)[C@H](O)C1N. The van der Waals surface area contributed by atoms with Gasteiger partial charge in [0.1, 0.15) is 110 Å². The van der Waals surface area contributed by atoms with Gasteiger partial charge in [0.15, 0.2) is 31.3 Å². The first-order valence-corrected chi connectivity index (χ1v) is 47.8. The maximum absolute atomic E-state index is 14.0. The molecule has 0 radical (unpaired) electrons. The van der Waals surface area contributed by atoms with E-state index in [0.29, 0.717) is 19.3 Å². The molecule has 3 rings (SSSR count). The quantitative estimate of drug-likeness (QED) is 0.0126. The van der Waals surface area contributed by atoms with E-state index in [-0.39, 0.29) is 19.4 Å². The van der Waals surface area contributed by atoms with Crippen LogP contribution in [0.25, 0.3) is 0 Å². The number of carbonyl (C=O) groups is 2. The summed E-state index contributed by atoms with van der Waals surface area (Å²) >= 11 is 0. The van der Waals surface area contributed by atoms with Crippen LogP contribution in [0.4, 0.5) is 0 Å². The van der Waals surface area contributed by atoms with Gasteiger partial charge in [-0.05, 0) is 51.4 Å². The molecule has 0 spiro atoms. The Labute approximate surface area is 715 Å². The van der Waals surface area contributed by atoms with Crippen molar-refractivity contribution in [1.82, 2.24) is 0 Å². The van der Waals surface area contributed by atoms with Crippen LogP contribution in [-0.4, -0.2) is 317 Å². The summed E-state index contributed by atoms with van der Waals surface area (Å²) in [6.07, 6.45) is -4.20. The smallest absolute Gasteiger partial charge is 0.463 e. The number of aliphatic hydroxyl groups excluding tert-OH is 16. The lowest BCUT2D eigenvalue weighted by Crippen LogP contribution is -2.69. The van der Waals surface area contributed by atoms with Crippen molar-refractivity contribution in [3.05, 3.63) is 12.2 Å². The summed E-state index contributed by atoms with van der Waals surface area (Å²) in [6.45, 7) is -1.47. The van der Waals surface area contributed by atoms with E-state index < -0.39 is 240 Å². The van der Waals surface area contributed by atoms with Gasteiger partial charge in [-0.1, -0.05) is 231 Å². The Hall–Kier alpha value is -2.10. The number of rotatable bonds is 75. The number of unbranched alkanes of at least 4 members (excludes halogenated alkanes) is 35. The zero-order chi connectivity index (χ0) is 89.6. The summed E-state index contributed by atoms with van der Waals surface area (Å²) in [5.41, 5.74) is 11.8. The molecule has 39 heteroatoms. The molecule has 1 saturated carbocycles. The monoisotopic (exact) mass is 1790 g/mol. The van der Waals surface area contributed by atoms with Gasteiger partial charge in [-0.3, -0.25) is 27.7 Å². The van der Waals surface area contributed by atoms with Gasteiger partial charge in [0, 0.05) is 33.1 Å². The standard InChI is InChI=1S/C82H158N2O35P2/c1-4-6-8-10-12-14-16-18-19-20-21-22-23-24-25-26-27-28-29-30-31-33-34-36-38-40-42-44-61(90)109-53-56(87)54-111-121(105,106)119-78-75(115-62(91)45-43-41-39-37-35-32-17-15-13-11-9-7-5-2)70(98)69(97)71(99)76(78)117-80-63(84)67(95)74(59(52-86)113-80)116-81(107-3)72(100)64(92)58(89)47-50-108-79(102)77(65(93)57(88)46-49-85)118-82-73(101)68(96)66(94)60(114-82)55-112-120(103,104)110-51-48-83/h18-19,56-60,63-82,85-89,92-102H,4-17,20-55,83-84H2,1-3H3,(H,103,104)(H,105,106)/b19-18-/t56-,57-,58-,59?,60?,63?,64?,65?,66+,67-,68+,69?,70-,71?,72?,73?,74-,75?,76-,77?,78?,79-,80-,81-,82-/m1/s1. The van der Waals surface area contributed by atoms with Gasteiger partial charge in [-0.15, -0.1) is 0 Å². The third kappa shape index (κ3) is 45.8. The summed E-state index contributed by atoms with van der Waals surface area (Å²) in [4.78, 5) is 47.5. The molecule has 14 unspecified atom stereocenters. The average Bonchev–Trinajstić information content (AvgIpc) is 0.757. The Morgan fingerprint density at radius 2 is 0.926 bits per heavy atom. The number of methoxy groups -OCH3 is 1. The fourth-order valence-electron chi connectivity index (χ4n) is 14.7. The molecule has 37 nitrogen and oxygen atoms in total. The van der Waals surface area contributed by atoms with E-state index in [0.717, 1.165) is 77.7 Å². The molecule has 3 fully saturated rings. The summed E-state index contributed by atoms with van der Waals surface area (Å²) in [7, 11) is -9.45. The predicted molar refractivity (Wildman–Crippen MR) is 442 cm³/mol. The Morgan fingerprint density at radius 3 is 1.41 bits per heavy atom. The second-order valence-corrected chi connectivity index (χ2v) is 35.3. The molecule has 27 atom stereocenters. The number of aliphatic hydroxyl groups is 16. The number of ether oxygens (including phenoxy) is 9. The van der Waals surface area contributed by atoms with Gasteiger partial charge in [0.2, 0.25) is 0 Å². The highest BCUT2D eigenvalue weighted by atomic mass is 31.2. The van der Waals surface area contributed by atoms with Crippen molar-refractivity contribution < 1.29 is 171 Å². The molecule has 22 N–H and O–H groups in total. The van der Waals surface area contributed by atoms with Crippen LogP contribution in [0.5, 0.6) is 0 Å². The predicted octanol–water partition coefficient (Wildman–Crippen LogP) is 4.95. The van der Waals surface area contributed by atoms with Crippen LogP contribution in [0.2, 0.25) is 0 Å². The first-order valence-electron chi connectivity index (χ1n) is 44.8. The lowest BCUT2D eigenvalue weighted by molar-refractivity contribution is -0.340. The largest absolute Gasteiger partial charge is 0.472 e. The molecular formula is C82H158N2O35P2. The van der Waals surface area contributed by atoms with Crippen LogP contribution in [0.15, 0.2) is 12.2 Å². The van der Waals surface area contributed by atoms with Crippen molar-refractivity contribution in [3.8, 4) is 0 Å². The third-order valence-corrected chi connectivity index (χ3v) is 24.1. The molecule has 0 bridgehead atoms. The van der Waals surface area contributed by atoms with Crippen molar-refractivity contribution in [3.63, 3.8) is 0 Å². The van der Waals surface area contributed by atoms with E-state index in [2.05, 4.69) is 30.5 Å². The second-order valence-electron chi connectivity index (χ2n) is 32.4. The van der Waals surface area contributed by atoms with E-state index in [1.807, 2.05) is 0 Å². The fourth-order valence-corrected chi connectivity index (χ4v) is 16.4. The minimum atomic E-state index is -5.59. The van der Waals surface area contributed by atoms with Gasteiger partial charge in [-0.2, -0.15) is 0 Å². The highest BCUT2D eigenvalue weighted by Gasteiger charge is 2.58. The van der Waals surface area contributed by atoms with Crippen LogP contribution < -0.4 is 11.5 Å². The van der Waals surface area contributed by atoms with E-state index >= 15 is 0 Å². The molecule has 0 aromatic rings. The molecule has 0 aromatic carbocycles. The molecule has 121 heavy (non-hydrogen) atoms. The van der Waals surface area contributed by atoms with Crippen molar-refractivity contribution in [2.45, 2.75) is 437 Å². The fraction of sp³-hybridized carbons (Fsp3) is 0.951. The van der Waals surface area contributed by atoms with Crippen molar-refractivity contribution >= 4 is 27.6 Å². The summed E-state index contributed by atoms with van der Waals surface area (Å²) in [6, 6.07) is -1.88. The molecule has 2 heterocycles. The van der Waals surface area contributed by atoms with Crippen LogP contribution in [0.3, 0.4) is 0 Å². The third-order valence-electron chi connectivity index (χ3n) is 22.1. The molecule has 0 aromatic heterocycles. The first-order chi connectivity index (χ1) is 57.9. The Morgan fingerprint density at radius 1 is 0.463 bits per heavy atom. The molecule has 1 aliphatic carbocycles. The van der Waals surface area contributed by atoms with Crippen LogP contribution in [0.1, 0.15) is 284 Å². The number of allylic oxidation sites excluding steroid dienone is 2. The molecule has 3 aliphatic rings. The first kappa shape index (κ1) is 113. The van der Waals surface area contributed by atoms with Gasteiger partial charge in [0.05, 0.1) is 51.3 Å². The lowest BCUT2D eigenvalue weighted by Gasteiger charge is -2.48. The van der Waals surface area contributed by atoms with Gasteiger partial charge >= 0.3 is 27.6 Å². The normalized spacial score (nSPS) is 27.5. The summed E-state index contributed by atoms with van der Waals surface area (Å²) < 4.78 is 96.5.